The van der Waals surface area contributed by atoms with Crippen LogP contribution in [0, 0.1) is 17.8 Å². The molecule has 0 spiro atoms. The van der Waals surface area contributed by atoms with Gasteiger partial charge in [-0.1, -0.05) is 49.3 Å². The number of hydrogen-bond donors (Lipinski definition) is 0. The topological polar surface area (TPSA) is 18.5 Å². The maximum Gasteiger partial charge on any atom is 0.159 e. The van der Waals surface area contributed by atoms with E-state index < -0.39 is 0 Å². The predicted molar refractivity (Wildman–Crippen MR) is 100.0 cm³/mol. The van der Waals surface area contributed by atoms with Gasteiger partial charge in [-0.15, -0.1) is 11.8 Å². The van der Waals surface area contributed by atoms with Crippen molar-refractivity contribution in [3.63, 3.8) is 0 Å². The molecule has 3 rings (SSSR count). The maximum absolute atomic E-state index is 6.28. The number of hydrogen-bond acceptors (Lipinski definition) is 3. The summed E-state index contributed by atoms with van der Waals surface area (Å²) >= 11 is 1.79. The highest BCUT2D eigenvalue weighted by Crippen LogP contribution is 2.29. The molecule has 0 aromatic heterocycles. The second-order valence-corrected chi connectivity index (χ2v) is 7.72. The number of ether oxygens (including phenoxy) is 2. The fourth-order valence-electron chi connectivity index (χ4n) is 3.46. The molecule has 2 aliphatic rings. The molecule has 1 saturated heterocycles. The first-order valence-corrected chi connectivity index (χ1v) is 10.3. The summed E-state index contributed by atoms with van der Waals surface area (Å²) in [6.45, 7) is 0.833. The third kappa shape index (κ3) is 5.84. The molecule has 1 aliphatic heterocycles. The van der Waals surface area contributed by atoms with Gasteiger partial charge in [-0.3, -0.25) is 0 Å². The molecule has 0 radical (unpaired) electrons. The van der Waals surface area contributed by atoms with Gasteiger partial charge in [0.2, 0.25) is 0 Å². The second kappa shape index (κ2) is 10.1. The maximum atomic E-state index is 6.28. The van der Waals surface area contributed by atoms with Gasteiger partial charge in [0, 0.05) is 11.5 Å². The van der Waals surface area contributed by atoms with Crippen LogP contribution in [0.15, 0.2) is 35.2 Å². The van der Waals surface area contributed by atoms with Crippen LogP contribution in [0.2, 0.25) is 0 Å². The van der Waals surface area contributed by atoms with E-state index in [0.717, 1.165) is 25.2 Å². The van der Waals surface area contributed by atoms with E-state index >= 15 is 0 Å². The lowest BCUT2D eigenvalue weighted by Crippen LogP contribution is -2.32. The smallest absolute Gasteiger partial charge is 0.159 e. The van der Waals surface area contributed by atoms with E-state index in [9.17, 15) is 0 Å². The predicted octanol–water partition coefficient (Wildman–Crippen LogP) is 5.27. The molecule has 1 heterocycles. The van der Waals surface area contributed by atoms with Crippen LogP contribution in [-0.4, -0.2) is 24.8 Å². The lowest BCUT2D eigenvalue weighted by molar-refractivity contribution is -0.187. The fraction of sp³-hybridized carbons (Fsp3) is 0.619. The van der Waals surface area contributed by atoms with Crippen molar-refractivity contribution in [1.29, 1.82) is 0 Å². The van der Waals surface area contributed by atoms with Gasteiger partial charge in [0.15, 0.2) is 6.29 Å². The van der Waals surface area contributed by atoms with Gasteiger partial charge in [0.05, 0.1) is 5.75 Å². The molecule has 1 aliphatic carbocycles. The van der Waals surface area contributed by atoms with Gasteiger partial charge in [0.1, 0.15) is 6.10 Å². The molecular weight excluding hydrogens is 316 g/mol. The van der Waals surface area contributed by atoms with Crippen molar-refractivity contribution in [2.75, 3.05) is 12.4 Å². The lowest BCUT2D eigenvalue weighted by atomic mass is 9.85. The van der Waals surface area contributed by atoms with Gasteiger partial charge in [-0.2, -0.15) is 0 Å². The van der Waals surface area contributed by atoms with Crippen LogP contribution in [0.4, 0.5) is 0 Å². The molecule has 2 unspecified atom stereocenters. The molecule has 24 heavy (non-hydrogen) atoms. The highest BCUT2D eigenvalue weighted by Gasteiger charge is 2.26. The van der Waals surface area contributed by atoms with Crippen molar-refractivity contribution < 1.29 is 9.47 Å². The first-order chi connectivity index (χ1) is 11.9. The second-order valence-electron chi connectivity index (χ2n) is 6.67. The third-order valence-electron chi connectivity index (χ3n) is 4.81. The minimum Gasteiger partial charge on any atom is -0.353 e. The molecule has 2 nitrogen and oxygen atoms in total. The number of rotatable bonds is 5. The van der Waals surface area contributed by atoms with Gasteiger partial charge >= 0.3 is 0 Å². The summed E-state index contributed by atoms with van der Waals surface area (Å²) in [5.41, 5.74) is 0. The standard InChI is InChI=1S/C21H28O2S/c1-3-10-18(11-4-1)20(23-21-15-7-8-16-22-21)14-9-17-24-19-12-5-2-6-13-19/h2,5-6,12-13,18,20-21H,1,3-4,7-8,10-11,15-17H2. The molecule has 1 aromatic carbocycles. The molecule has 3 heteroatoms. The molecule has 0 amide bonds. The Hall–Kier alpha value is -0.950. The van der Waals surface area contributed by atoms with Crippen molar-refractivity contribution in [3.05, 3.63) is 30.3 Å². The largest absolute Gasteiger partial charge is 0.353 e. The molecule has 130 valence electrons. The van der Waals surface area contributed by atoms with Crippen LogP contribution in [0.3, 0.4) is 0 Å². The zero-order valence-corrected chi connectivity index (χ0v) is 15.2. The van der Waals surface area contributed by atoms with Crippen LogP contribution < -0.4 is 0 Å². The van der Waals surface area contributed by atoms with Crippen LogP contribution in [0.25, 0.3) is 0 Å². The summed E-state index contributed by atoms with van der Waals surface area (Å²) < 4.78 is 12.1. The van der Waals surface area contributed by atoms with E-state index in [-0.39, 0.29) is 12.4 Å². The summed E-state index contributed by atoms with van der Waals surface area (Å²) in [7, 11) is 0. The Morgan fingerprint density at radius 1 is 1.04 bits per heavy atom. The first kappa shape index (κ1) is 17.9. The van der Waals surface area contributed by atoms with Crippen molar-refractivity contribution in [1.82, 2.24) is 0 Å². The number of thioether (sulfide) groups is 1. The average molecular weight is 345 g/mol. The van der Waals surface area contributed by atoms with Crippen molar-refractivity contribution in [2.45, 2.75) is 68.7 Å². The quantitative estimate of drug-likeness (QED) is 0.535. The average Bonchev–Trinajstić information content (AvgIpc) is 2.66. The Morgan fingerprint density at radius 2 is 1.83 bits per heavy atom. The van der Waals surface area contributed by atoms with Crippen molar-refractivity contribution in [3.8, 4) is 11.8 Å². The molecule has 2 atom stereocenters. The SMILES string of the molecule is C(#CC(OC1CCCCO1)C1CCCCC1)CSc1ccccc1. The van der Waals surface area contributed by atoms with Gasteiger partial charge in [-0.05, 0) is 50.2 Å². The molecule has 2 fully saturated rings. The van der Waals surface area contributed by atoms with E-state index in [1.54, 1.807) is 11.8 Å². The van der Waals surface area contributed by atoms with Crippen LogP contribution in [-0.2, 0) is 9.47 Å². The summed E-state index contributed by atoms with van der Waals surface area (Å²) in [6, 6.07) is 10.5. The van der Waals surface area contributed by atoms with Gasteiger partial charge in [0.25, 0.3) is 0 Å². The molecule has 0 N–H and O–H groups in total. The third-order valence-corrected chi connectivity index (χ3v) is 5.71. The Labute approximate surface area is 150 Å². The van der Waals surface area contributed by atoms with Gasteiger partial charge < -0.3 is 9.47 Å². The highest BCUT2D eigenvalue weighted by molar-refractivity contribution is 7.99. The Morgan fingerprint density at radius 3 is 2.58 bits per heavy atom. The molecular formula is C21H28O2S. The van der Waals surface area contributed by atoms with E-state index in [2.05, 4.69) is 36.1 Å². The Kier molecular flexibility index (Phi) is 7.54. The van der Waals surface area contributed by atoms with Crippen LogP contribution >= 0.6 is 11.8 Å². The zero-order chi connectivity index (χ0) is 16.5. The highest BCUT2D eigenvalue weighted by atomic mass is 32.2. The first-order valence-electron chi connectivity index (χ1n) is 9.35. The monoisotopic (exact) mass is 344 g/mol. The Bertz CT molecular complexity index is 522. The minimum atomic E-state index is -0.0400. The van der Waals surface area contributed by atoms with E-state index in [4.69, 9.17) is 9.47 Å². The Balaban J connectivity index is 1.55. The minimum absolute atomic E-state index is 0.0400. The summed E-state index contributed by atoms with van der Waals surface area (Å²) in [5.74, 6) is 8.19. The van der Waals surface area contributed by atoms with Crippen molar-refractivity contribution >= 4 is 11.8 Å². The summed E-state index contributed by atoms with van der Waals surface area (Å²) in [5, 5.41) is 0. The van der Waals surface area contributed by atoms with E-state index in [1.165, 1.54) is 43.4 Å². The number of benzene rings is 1. The molecule has 1 aromatic rings. The summed E-state index contributed by atoms with van der Waals surface area (Å²) in [4.78, 5) is 1.28. The van der Waals surface area contributed by atoms with E-state index in [1.807, 2.05) is 6.07 Å². The van der Waals surface area contributed by atoms with Crippen molar-refractivity contribution in [2.24, 2.45) is 5.92 Å². The van der Waals surface area contributed by atoms with Gasteiger partial charge in [-0.25, -0.2) is 0 Å². The molecule has 1 saturated carbocycles. The van der Waals surface area contributed by atoms with Crippen LogP contribution in [0.5, 0.6) is 0 Å². The fourth-order valence-corrected chi connectivity index (χ4v) is 4.13. The van der Waals surface area contributed by atoms with E-state index in [0.29, 0.717) is 5.92 Å². The normalized spacial score (nSPS) is 23.2. The summed E-state index contributed by atoms with van der Waals surface area (Å²) in [6.07, 6.45) is 9.88. The lowest BCUT2D eigenvalue weighted by Gasteiger charge is -2.31. The van der Waals surface area contributed by atoms with Crippen LogP contribution in [0.1, 0.15) is 51.4 Å². The molecule has 0 bridgehead atoms. The zero-order valence-electron chi connectivity index (χ0n) is 14.4.